The number of nitrogens with zero attached hydrogens (tertiary/aromatic N) is 4. The van der Waals surface area contributed by atoms with Gasteiger partial charge in [-0.05, 0) is 49.7 Å². The van der Waals surface area contributed by atoms with Gasteiger partial charge in [-0.2, -0.15) is 0 Å². The molecule has 0 saturated heterocycles. The largest absolute Gasteiger partial charge is 0.463 e. The second kappa shape index (κ2) is 8.02. The van der Waals surface area contributed by atoms with E-state index in [1.165, 1.54) is 0 Å². The van der Waals surface area contributed by atoms with Crippen LogP contribution in [0.25, 0.3) is 22.6 Å². The number of aryl methyl sites for hydroxylation is 1. The maximum absolute atomic E-state index is 13.5. The third kappa shape index (κ3) is 3.66. The average Bonchev–Trinajstić information content (AvgIpc) is 3.41. The van der Waals surface area contributed by atoms with E-state index < -0.39 is 0 Å². The van der Waals surface area contributed by atoms with Crippen molar-refractivity contribution in [1.29, 1.82) is 0 Å². The first-order chi connectivity index (χ1) is 14.5. The SMILES string of the molecule is CCN(Cc1ccc(N(C)C)cc1)C(=O)c1cc(-c2ccco2)nc2onc(C)c12. The number of fused-ring (bicyclic) bond motifs is 1. The molecule has 0 N–H and O–H groups in total. The van der Waals surface area contributed by atoms with E-state index in [-0.39, 0.29) is 5.91 Å². The summed E-state index contributed by atoms with van der Waals surface area (Å²) in [7, 11) is 4.01. The van der Waals surface area contributed by atoms with Crippen LogP contribution in [0.15, 0.2) is 57.7 Å². The number of furan rings is 1. The van der Waals surface area contributed by atoms with Gasteiger partial charge < -0.3 is 18.7 Å². The second-order valence-electron chi connectivity index (χ2n) is 7.36. The molecule has 0 spiro atoms. The fraction of sp³-hybridized carbons (Fsp3) is 0.261. The van der Waals surface area contributed by atoms with Crippen LogP contribution in [0.2, 0.25) is 0 Å². The van der Waals surface area contributed by atoms with Crippen LogP contribution >= 0.6 is 0 Å². The second-order valence-corrected chi connectivity index (χ2v) is 7.36. The minimum atomic E-state index is -0.0966. The fourth-order valence-corrected chi connectivity index (χ4v) is 3.43. The fourth-order valence-electron chi connectivity index (χ4n) is 3.43. The average molecular weight is 404 g/mol. The van der Waals surface area contributed by atoms with E-state index in [1.807, 2.05) is 45.0 Å². The molecule has 4 aromatic rings. The summed E-state index contributed by atoms with van der Waals surface area (Å²) in [6.45, 7) is 4.86. The molecule has 3 heterocycles. The number of hydrogen-bond donors (Lipinski definition) is 0. The number of amides is 1. The zero-order valence-electron chi connectivity index (χ0n) is 17.5. The molecule has 0 saturated carbocycles. The molecule has 0 bridgehead atoms. The Bertz CT molecular complexity index is 1160. The van der Waals surface area contributed by atoms with Crippen molar-refractivity contribution in [3.8, 4) is 11.5 Å². The van der Waals surface area contributed by atoms with Crippen molar-refractivity contribution >= 4 is 22.7 Å². The van der Waals surface area contributed by atoms with E-state index in [1.54, 1.807) is 29.4 Å². The summed E-state index contributed by atoms with van der Waals surface area (Å²) in [5, 5.41) is 4.65. The summed E-state index contributed by atoms with van der Waals surface area (Å²) < 4.78 is 10.8. The van der Waals surface area contributed by atoms with Crippen LogP contribution in [0, 0.1) is 6.92 Å². The third-order valence-electron chi connectivity index (χ3n) is 5.12. The normalized spacial score (nSPS) is 11.1. The van der Waals surface area contributed by atoms with Crippen molar-refractivity contribution in [2.45, 2.75) is 20.4 Å². The monoisotopic (exact) mass is 404 g/mol. The molecule has 0 aliphatic heterocycles. The summed E-state index contributed by atoms with van der Waals surface area (Å²) in [5.74, 6) is 0.475. The van der Waals surface area contributed by atoms with Gasteiger partial charge >= 0.3 is 0 Å². The highest BCUT2D eigenvalue weighted by Gasteiger charge is 2.23. The number of hydrogen-bond acceptors (Lipinski definition) is 6. The number of rotatable bonds is 6. The smallest absolute Gasteiger partial charge is 0.259 e. The molecule has 0 fully saturated rings. The van der Waals surface area contributed by atoms with Crippen LogP contribution < -0.4 is 4.90 Å². The lowest BCUT2D eigenvalue weighted by Gasteiger charge is -2.22. The molecule has 0 aliphatic rings. The number of benzene rings is 1. The van der Waals surface area contributed by atoms with Crippen LogP contribution in [0.4, 0.5) is 5.69 Å². The first kappa shape index (κ1) is 19.7. The third-order valence-corrected chi connectivity index (χ3v) is 5.12. The number of anilines is 1. The van der Waals surface area contributed by atoms with Gasteiger partial charge in [-0.15, -0.1) is 0 Å². The summed E-state index contributed by atoms with van der Waals surface area (Å²) in [5.41, 5.74) is 4.20. The van der Waals surface area contributed by atoms with Crippen molar-refractivity contribution in [3.63, 3.8) is 0 Å². The molecule has 1 amide bonds. The van der Waals surface area contributed by atoms with Gasteiger partial charge in [-0.3, -0.25) is 4.79 Å². The predicted octanol–water partition coefficient (Wildman–Crippen LogP) is 4.52. The summed E-state index contributed by atoms with van der Waals surface area (Å²) in [6, 6.07) is 13.5. The van der Waals surface area contributed by atoms with Gasteiger partial charge in [-0.1, -0.05) is 17.3 Å². The van der Waals surface area contributed by atoms with Gasteiger partial charge in [0.2, 0.25) is 0 Å². The number of aromatic nitrogens is 2. The molecule has 3 aromatic heterocycles. The van der Waals surface area contributed by atoms with E-state index in [0.29, 0.717) is 46.9 Å². The van der Waals surface area contributed by atoms with E-state index >= 15 is 0 Å². The predicted molar refractivity (Wildman–Crippen MR) is 115 cm³/mol. The van der Waals surface area contributed by atoms with Gasteiger partial charge in [0.15, 0.2) is 5.76 Å². The first-order valence-electron chi connectivity index (χ1n) is 9.84. The molecule has 154 valence electrons. The zero-order valence-corrected chi connectivity index (χ0v) is 17.5. The molecular weight excluding hydrogens is 380 g/mol. The van der Waals surface area contributed by atoms with Crippen LogP contribution in [-0.4, -0.2) is 41.6 Å². The van der Waals surface area contributed by atoms with E-state index in [9.17, 15) is 4.79 Å². The Labute approximate surface area is 174 Å². The highest BCUT2D eigenvalue weighted by atomic mass is 16.5. The highest BCUT2D eigenvalue weighted by Crippen LogP contribution is 2.28. The Morgan fingerprint density at radius 1 is 1.13 bits per heavy atom. The van der Waals surface area contributed by atoms with E-state index in [2.05, 4.69) is 22.3 Å². The van der Waals surface area contributed by atoms with Crippen LogP contribution in [0.1, 0.15) is 28.5 Å². The molecule has 30 heavy (non-hydrogen) atoms. The lowest BCUT2D eigenvalue weighted by Crippen LogP contribution is -2.30. The summed E-state index contributed by atoms with van der Waals surface area (Å²) in [4.78, 5) is 21.9. The Morgan fingerprint density at radius 3 is 2.53 bits per heavy atom. The quantitative estimate of drug-likeness (QED) is 0.470. The lowest BCUT2D eigenvalue weighted by molar-refractivity contribution is 0.0754. The van der Waals surface area contributed by atoms with Crippen molar-refractivity contribution in [2.24, 2.45) is 0 Å². The van der Waals surface area contributed by atoms with E-state index in [4.69, 9.17) is 8.94 Å². The maximum Gasteiger partial charge on any atom is 0.259 e. The van der Waals surface area contributed by atoms with Crippen molar-refractivity contribution in [2.75, 3.05) is 25.5 Å². The Balaban J connectivity index is 1.70. The summed E-state index contributed by atoms with van der Waals surface area (Å²) in [6.07, 6.45) is 1.57. The molecule has 7 nitrogen and oxygen atoms in total. The van der Waals surface area contributed by atoms with Crippen LogP contribution in [-0.2, 0) is 6.54 Å². The van der Waals surface area contributed by atoms with Crippen LogP contribution in [0.3, 0.4) is 0 Å². The molecule has 0 radical (unpaired) electrons. The highest BCUT2D eigenvalue weighted by molar-refractivity contribution is 6.06. The minimum Gasteiger partial charge on any atom is -0.463 e. The molecule has 7 heteroatoms. The van der Waals surface area contributed by atoms with Gasteiger partial charge in [0, 0.05) is 32.9 Å². The molecule has 4 rings (SSSR count). The topological polar surface area (TPSA) is 75.6 Å². The van der Waals surface area contributed by atoms with Gasteiger partial charge in [0.1, 0.15) is 5.69 Å². The Hall–Kier alpha value is -3.61. The van der Waals surface area contributed by atoms with Crippen molar-refractivity contribution in [3.05, 3.63) is 65.5 Å². The number of pyridine rings is 1. The van der Waals surface area contributed by atoms with Gasteiger partial charge in [0.05, 0.1) is 22.9 Å². The molecule has 0 unspecified atom stereocenters. The molecule has 1 aromatic carbocycles. The molecule has 0 atom stereocenters. The van der Waals surface area contributed by atoms with Crippen molar-refractivity contribution in [1.82, 2.24) is 15.0 Å². The summed E-state index contributed by atoms with van der Waals surface area (Å²) >= 11 is 0. The lowest BCUT2D eigenvalue weighted by atomic mass is 10.1. The molecule has 0 aliphatic carbocycles. The number of carbonyl (C=O) groups is 1. The first-order valence-corrected chi connectivity index (χ1v) is 9.84. The van der Waals surface area contributed by atoms with Crippen LogP contribution in [0.5, 0.6) is 0 Å². The van der Waals surface area contributed by atoms with Gasteiger partial charge in [0.25, 0.3) is 11.6 Å². The van der Waals surface area contributed by atoms with Gasteiger partial charge in [-0.25, -0.2) is 4.98 Å². The standard InChI is InChI=1S/C23H24N4O3/c1-5-27(14-16-8-10-17(11-9-16)26(3)4)23(28)18-13-19(20-7-6-12-29-20)24-22-21(18)15(2)25-30-22/h6-13H,5,14H2,1-4H3. The minimum absolute atomic E-state index is 0.0966. The van der Waals surface area contributed by atoms with Crippen molar-refractivity contribution < 1.29 is 13.7 Å². The molecular formula is C23H24N4O3. The number of carbonyl (C=O) groups excluding carboxylic acids is 1. The Kier molecular flexibility index (Phi) is 5.27. The zero-order chi connectivity index (χ0) is 21.3. The Morgan fingerprint density at radius 2 is 1.90 bits per heavy atom. The van der Waals surface area contributed by atoms with E-state index in [0.717, 1.165) is 11.3 Å². The maximum atomic E-state index is 13.5.